The Balaban J connectivity index is 1.76. The highest BCUT2D eigenvalue weighted by Crippen LogP contribution is 2.21. The SMILES string of the molecule is C[NH+](Cc1ccsc1)Cn1nc(-c2cccc(Cl)c2)oc1=S. The molecule has 2 heterocycles. The molecule has 7 heteroatoms. The van der Waals surface area contributed by atoms with Crippen LogP contribution in [0.15, 0.2) is 45.5 Å². The molecule has 0 amide bonds. The molecule has 1 aromatic carbocycles. The third-order valence-corrected chi connectivity index (χ3v) is 4.44. The van der Waals surface area contributed by atoms with Crippen molar-refractivity contribution in [1.82, 2.24) is 9.78 Å². The maximum atomic E-state index is 6.00. The van der Waals surface area contributed by atoms with E-state index in [2.05, 4.69) is 29.0 Å². The number of hydrogen-bond donors (Lipinski definition) is 1. The van der Waals surface area contributed by atoms with Crippen LogP contribution in [0, 0.1) is 4.84 Å². The number of thiophene rings is 1. The Morgan fingerprint density at radius 3 is 3.00 bits per heavy atom. The van der Waals surface area contributed by atoms with Crippen LogP contribution in [-0.4, -0.2) is 16.8 Å². The van der Waals surface area contributed by atoms with E-state index in [0.717, 1.165) is 12.1 Å². The van der Waals surface area contributed by atoms with Crippen molar-refractivity contribution >= 4 is 35.2 Å². The minimum atomic E-state index is 0.375. The van der Waals surface area contributed by atoms with Gasteiger partial charge in [0.25, 0.3) is 4.84 Å². The number of hydrogen-bond acceptors (Lipinski definition) is 4. The lowest BCUT2D eigenvalue weighted by Gasteiger charge is -2.11. The number of aromatic nitrogens is 2. The molecule has 1 unspecified atom stereocenters. The van der Waals surface area contributed by atoms with Crippen molar-refractivity contribution in [1.29, 1.82) is 0 Å². The summed E-state index contributed by atoms with van der Waals surface area (Å²) in [6.07, 6.45) is 0. The second-order valence-electron chi connectivity index (χ2n) is 5.11. The van der Waals surface area contributed by atoms with Gasteiger partial charge in [-0.1, -0.05) is 17.7 Å². The molecule has 2 aromatic heterocycles. The van der Waals surface area contributed by atoms with Gasteiger partial charge in [0.15, 0.2) is 6.67 Å². The third kappa shape index (κ3) is 3.64. The van der Waals surface area contributed by atoms with Gasteiger partial charge < -0.3 is 9.32 Å². The molecule has 0 saturated heterocycles. The zero-order valence-electron chi connectivity index (χ0n) is 12.0. The van der Waals surface area contributed by atoms with E-state index < -0.39 is 0 Å². The van der Waals surface area contributed by atoms with Crippen LogP contribution in [0.4, 0.5) is 0 Å². The van der Waals surface area contributed by atoms with Gasteiger partial charge in [0.05, 0.1) is 7.05 Å². The second kappa shape index (κ2) is 6.75. The van der Waals surface area contributed by atoms with E-state index in [1.807, 2.05) is 24.3 Å². The second-order valence-corrected chi connectivity index (χ2v) is 6.67. The van der Waals surface area contributed by atoms with Gasteiger partial charge >= 0.3 is 0 Å². The first-order valence-corrected chi connectivity index (χ1v) is 8.51. The monoisotopic (exact) mass is 352 g/mol. The molecule has 0 radical (unpaired) electrons. The normalized spacial score (nSPS) is 12.5. The number of quaternary nitrogens is 1. The molecule has 3 rings (SSSR count). The highest BCUT2D eigenvalue weighted by atomic mass is 35.5. The Morgan fingerprint density at radius 1 is 1.41 bits per heavy atom. The van der Waals surface area contributed by atoms with Crippen LogP contribution in [0.1, 0.15) is 5.56 Å². The van der Waals surface area contributed by atoms with E-state index in [4.69, 9.17) is 28.2 Å². The Bertz CT molecular complexity index is 810. The molecule has 0 aliphatic heterocycles. The van der Waals surface area contributed by atoms with Crippen LogP contribution in [0.3, 0.4) is 0 Å². The fourth-order valence-electron chi connectivity index (χ4n) is 2.20. The Hall–Kier alpha value is -1.47. The fraction of sp³-hybridized carbons (Fsp3) is 0.200. The summed E-state index contributed by atoms with van der Waals surface area (Å²) in [5, 5.41) is 9.35. The summed E-state index contributed by atoms with van der Waals surface area (Å²) in [5.74, 6) is 0.496. The largest absolute Gasteiger partial charge is 0.409 e. The summed E-state index contributed by atoms with van der Waals surface area (Å²) in [6.45, 7) is 1.57. The minimum Gasteiger partial charge on any atom is -0.409 e. The van der Waals surface area contributed by atoms with E-state index in [1.165, 1.54) is 10.5 Å². The quantitative estimate of drug-likeness (QED) is 0.716. The van der Waals surface area contributed by atoms with Gasteiger partial charge in [-0.2, -0.15) is 16.0 Å². The predicted octanol–water partition coefficient (Wildman–Crippen LogP) is 3.26. The van der Waals surface area contributed by atoms with E-state index >= 15 is 0 Å². The molecule has 0 saturated carbocycles. The van der Waals surface area contributed by atoms with Crippen molar-refractivity contribution in [2.45, 2.75) is 13.2 Å². The van der Waals surface area contributed by atoms with Crippen LogP contribution in [0.2, 0.25) is 5.02 Å². The molecule has 1 N–H and O–H groups in total. The van der Waals surface area contributed by atoms with Crippen LogP contribution in [-0.2, 0) is 13.2 Å². The lowest BCUT2D eigenvalue weighted by atomic mass is 10.2. The molecule has 114 valence electrons. The van der Waals surface area contributed by atoms with Crippen LogP contribution in [0.5, 0.6) is 0 Å². The molecule has 0 aliphatic rings. The minimum absolute atomic E-state index is 0.375. The van der Waals surface area contributed by atoms with Crippen molar-refractivity contribution in [2.75, 3.05) is 7.05 Å². The summed E-state index contributed by atoms with van der Waals surface area (Å²) < 4.78 is 7.30. The summed E-state index contributed by atoms with van der Waals surface area (Å²) in [5.41, 5.74) is 2.14. The number of nitrogens with one attached hydrogen (secondary N) is 1. The van der Waals surface area contributed by atoms with E-state index in [0.29, 0.717) is 22.4 Å². The van der Waals surface area contributed by atoms with E-state index in [1.54, 1.807) is 16.0 Å². The zero-order chi connectivity index (χ0) is 15.5. The topological polar surface area (TPSA) is 35.4 Å². The van der Waals surface area contributed by atoms with Gasteiger partial charge in [-0.25, -0.2) is 0 Å². The van der Waals surface area contributed by atoms with Gasteiger partial charge in [-0.15, -0.1) is 5.10 Å². The molecule has 4 nitrogen and oxygen atoms in total. The first-order chi connectivity index (χ1) is 10.6. The average Bonchev–Trinajstić information content (AvgIpc) is 3.10. The Kier molecular flexibility index (Phi) is 4.73. The molecular formula is C15H15ClN3OS2+. The van der Waals surface area contributed by atoms with E-state index in [-0.39, 0.29) is 0 Å². The third-order valence-electron chi connectivity index (χ3n) is 3.18. The average molecular weight is 353 g/mol. The Morgan fingerprint density at radius 2 is 2.27 bits per heavy atom. The highest BCUT2D eigenvalue weighted by molar-refractivity contribution is 7.71. The lowest BCUT2D eigenvalue weighted by Crippen LogP contribution is -3.06. The first kappa shape index (κ1) is 15.4. The molecule has 0 aliphatic carbocycles. The smallest absolute Gasteiger partial charge is 0.292 e. The van der Waals surface area contributed by atoms with Gasteiger partial charge in [0, 0.05) is 16.1 Å². The molecular weight excluding hydrogens is 338 g/mol. The van der Waals surface area contributed by atoms with Gasteiger partial charge in [0.1, 0.15) is 6.54 Å². The first-order valence-electron chi connectivity index (χ1n) is 6.78. The number of nitrogens with zero attached hydrogens (tertiary/aromatic N) is 2. The van der Waals surface area contributed by atoms with Gasteiger partial charge in [-0.3, -0.25) is 0 Å². The van der Waals surface area contributed by atoms with E-state index in [9.17, 15) is 0 Å². The van der Waals surface area contributed by atoms with Crippen LogP contribution < -0.4 is 4.90 Å². The van der Waals surface area contributed by atoms with Crippen LogP contribution in [0.25, 0.3) is 11.5 Å². The molecule has 3 aromatic rings. The van der Waals surface area contributed by atoms with Crippen molar-refractivity contribution in [3.8, 4) is 11.5 Å². The van der Waals surface area contributed by atoms with Crippen molar-refractivity contribution < 1.29 is 9.32 Å². The Labute approximate surface area is 142 Å². The number of benzene rings is 1. The number of rotatable bonds is 5. The summed E-state index contributed by atoms with van der Waals surface area (Å²) in [6, 6.07) is 9.53. The summed E-state index contributed by atoms with van der Waals surface area (Å²) in [4.78, 5) is 1.65. The van der Waals surface area contributed by atoms with Crippen molar-refractivity contribution in [2.24, 2.45) is 0 Å². The zero-order valence-corrected chi connectivity index (χ0v) is 14.3. The summed E-state index contributed by atoms with van der Waals surface area (Å²) in [7, 11) is 2.10. The molecule has 0 fully saturated rings. The van der Waals surface area contributed by atoms with Crippen molar-refractivity contribution in [3.05, 3.63) is 56.5 Å². The standard InChI is InChI=1S/C15H14ClN3OS2/c1-18(8-11-5-6-22-9-11)10-19-15(21)20-14(17-19)12-3-2-4-13(16)7-12/h2-7,9H,8,10H2,1H3/p+1. The van der Waals surface area contributed by atoms with Gasteiger partial charge in [-0.05, 0) is 47.2 Å². The van der Waals surface area contributed by atoms with Crippen molar-refractivity contribution in [3.63, 3.8) is 0 Å². The maximum absolute atomic E-state index is 6.00. The maximum Gasteiger partial charge on any atom is 0.292 e. The molecule has 22 heavy (non-hydrogen) atoms. The highest BCUT2D eigenvalue weighted by Gasteiger charge is 2.12. The number of halogens is 1. The summed E-state index contributed by atoms with van der Waals surface area (Å²) >= 11 is 13.0. The lowest BCUT2D eigenvalue weighted by molar-refractivity contribution is -0.917. The van der Waals surface area contributed by atoms with Crippen LogP contribution >= 0.6 is 35.2 Å². The fourth-order valence-corrected chi connectivity index (χ4v) is 3.24. The van der Waals surface area contributed by atoms with Gasteiger partial charge in [0.2, 0.25) is 5.89 Å². The predicted molar refractivity (Wildman–Crippen MR) is 90.7 cm³/mol. The molecule has 0 spiro atoms. The molecule has 1 atom stereocenters. The molecule has 0 bridgehead atoms.